The molecule has 1 aliphatic heterocycles. The number of nitrogens with zero attached hydrogens (tertiary/aromatic N) is 1. The van der Waals surface area contributed by atoms with E-state index in [1.807, 2.05) is 6.07 Å². The zero-order valence-electron chi connectivity index (χ0n) is 17.9. The number of fused-ring (bicyclic) bond motifs is 1. The Balaban J connectivity index is 1.56. The number of para-hydroxylation sites is 1. The van der Waals surface area contributed by atoms with E-state index in [1.54, 1.807) is 6.07 Å². The normalized spacial score (nSPS) is 15.4. The van der Waals surface area contributed by atoms with Crippen molar-refractivity contribution < 1.29 is 9.32 Å². The minimum atomic E-state index is -0.248. The Morgan fingerprint density at radius 2 is 1.76 bits per heavy atom. The molecule has 0 spiro atoms. The first kappa shape index (κ1) is 19.7. The van der Waals surface area contributed by atoms with E-state index in [9.17, 15) is 4.79 Å². The van der Waals surface area contributed by atoms with Crippen molar-refractivity contribution >= 4 is 16.7 Å². The van der Waals surface area contributed by atoms with E-state index in [-0.39, 0.29) is 5.63 Å². The first-order chi connectivity index (χ1) is 13.9. The van der Waals surface area contributed by atoms with Gasteiger partial charge in [-0.1, -0.05) is 32.0 Å². The molecule has 4 nitrogen and oxygen atoms in total. The van der Waals surface area contributed by atoms with Crippen molar-refractivity contribution in [1.29, 1.82) is 0 Å². The first-order valence-corrected chi connectivity index (χ1v) is 10.6. The van der Waals surface area contributed by atoms with Crippen LogP contribution in [0.2, 0.25) is 0 Å². The third-order valence-electron chi connectivity index (χ3n) is 6.21. The van der Waals surface area contributed by atoms with Gasteiger partial charge in [-0.3, -0.25) is 0 Å². The molecule has 2 aromatic carbocycles. The maximum absolute atomic E-state index is 12.2. The fourth-order valence-corrected chi connectivity index (χ4v) is 4.59. The van der Waals surface area contributed by atoms with Crippen molar-refractivity contribution in [2.75, 3.05) is 31.1 Å². The number of hydrogen-bond acceptors (Lipinski definition) is 3. The van der Waals surface area contributed by atoms with E-state index in [0.29, 0.717) is 11.5 Å². The molecule has 1 N–H and O–H groups in total. The Morgan fingerprint density at radius 3 is 2.45 bits per heavy atom. The maximum Gasteiger partial charge on any atom is 0.336 e. The lowest BCUT2D eigenvalue weighted by atomic mass is 9.95. The molecule has 0 aliphatic carbocycles. The molecule has 0 unspecified atom stereocenters. The van der Waals surface area contributed by atoms with Gasteiger partial charge in [-0.25, -0.2) is 4.79 Å². The maximum atomic E-state index is 12.2. The predicted octanol–water partition coefficient (Wildman–Crippen LogP) is 3.44. The zero-order chi connectivity index (χ0) is 20.5. The van der Waals surface area contributed by atoms with Gasteiger partial charge in [-0.2, -0.15) is 0 Å². The van der Waals surface area contributed by atoms with Crippen LogP contribution in [0.15, 0.2) is 51.7 Å². The van der Waals surface area contributed by atoms with E-state index in [2.05, 4.69) is 62.9 Å². The number of rotatable bonds is 4. The van der Waals surface area contributed by atoms with Crippen molar-refractivity contribution in [3.63, 3.8) is 0 Å². The van der Waals surface area contributed by atoms with Crippen LogP contribution in [0.25, 0.3) is 11.0 Å². The van der Waals surface area contributed by atoms with E-state index in [1.165, 1.54) is 27.3 Å². The van der Waals surface area contributed by atoms with Crippen LogP contribution in [-0.4, -0.2) is 26.2 Å². The highest BCUT2D eigenvalue weighted by Gasteiger charge is 2.22. The third kappa shape index (κ3) is 4.08. The molecule has 1 aromatic heterocycles. The molecule has 152 valence electrons. The number of hydrogen-bond donors (Lipinski definition) is 1. The monoisotopic (exact) mass is 391 g/mol. The van der Waals surface area contributed by atoms with Gasteiger partial charge in [0.1, 0.15) is 12.1 Å². The standard InChI is InChI=1S/C25H30N2O2/c1-17(2)21-15-22-20(14-25(28)29-24(22)13-19(21)4)16-26-9-11-27(12-10-26)23-8-6-5-7-18(23)3/h5-8,13-15,17H,9-12,16H2,1-4H3/p+1. The highest BCUT2D eigenvalue weighted by atomic mass is 16.4. The summed E-state index contributed by atoms with van der Waals surface area (Å²) in [5.41, 5.74) is 6.76. The molecule has 4 heteroatoms. The van der Waals surface area contributed by atoms with Crippen LogP contribution < -0.4 is 15.4 Å². The minimum Gasteiger partial charge on any atom is -0.423 e. The zero-order valence-corrected chi connectivity index (χ0v) is 17.9. The molecule has 4 rings (SSSR count). The van der Waals surface area contributed by atoms with Crippen molar-refractivity contribution in [2.45, 2.75) is 40.2 Å². The predicted molar refractivity (Wildman–Crippen MR) is 119 cm³/mol. The molecule has 0 saturated carbocycles. The number of aryl methyl sites for hydroxylation is 2. The molecule has 1 fully saturated rings. The van der Waals surface area contributed by atoms with Crippen LogP contribution in [0.4, 0.5) is 5.69 Å². The Morgan fingerprint density at radius 1 is 1.03 bits per heavy atom. The molecule has 3 aromatic rings. The van der Waals surface area contributed by atoms with Crippen LogP contribution in [0.3, 0.4) is 0 Å². The topological polar surface area (TPSA) is 37.9 Å². The van der Waals surface area contributed by atoms with Gasteiger partial charge in [-0.05, 0) is 54.7 Å². The second-order valence-corrected chi connectivity index (χ2v) is 8.65. The van der Waals surface area contributed by atoms with Crippen LogP contribution in [0.1, 0.15) is 42.0 Å². The summed E-state index contributed by atoms with van der Waals surface area (Å²) in [4.78, 5) is 16.2. The number of quaternary nitrogens is 1. The Kier molecular flexibility index (Phi) is 5.46. The highest BCUT2D eigenvalue weighted by Crippen LogP contribution is 2.26. The molecular formula is C25H31N2O2+. The Hall–Kier alpha value is -2.59. The molecule has 0 amide bonds. The summed E-state index contributed by atoms with van der Waals surface area (Å²) in [6.07, 6.45) is 0. The van der Waals surface area contributed by atoms with Gasteiger partial charge >= 0.3 is 5.63 Å². The van der Waals surface area contributed by atoms with Gasteiger partial charge in [0.15, 0.2) is 0 Å². The number of piperazine rings is 1. The van der Waals surface area contributed by atoms with Gasteiger partial charge < -0.3 is 14.2 Å². The van der Waals surface area contributed by atoms with Gasteiger partial charge in [0.25, 0.3) is 0 Å². The summed E-state index contributed by atoms with van der Waals surface area (Å²) in [7, 11) is 0. The number of anilines is 1. The Labute approximate surface area is 172 Å². The van der Waals surface area contributed by atoms with Crippen LogP contribution >= 0.6 is 0 Å². The van der Waals surface area contributed by atoms with Crippen LogP contribution in [0, 0.1) is 13.8 Å². The summed E-state index contributed by atoms with van der Waals surface area (Å²) >= 11 is 0. The third-order valence-corrected chi connectivity index (χ3v) is 6.21. The Bertz CT molecular complexity index is 1080. The average Bonchev–Trinajstić information content (AvgIpc) is 2.68. The lowest BCUT2D eigenvalue weighted by Gasteiger charge is -2.34. The number of benzene rings is 2. The van der Waals surface area contributed by atoms with Crippen LogP contribution in [0.5, 0.6) is 0 Å². The first-order valence-electron chi connectivity index (χ1n) is 10.6. The molecule has 1 saturated heterocycles. The molecule has 0 atom stereocenters. The quantitative estimate of drug-likeness (QED) is 0.693. The van der Waals surface area contributed by atoms with E-state index < -0.39 is 0 Å². The molecule has 2 heterocycles. The molecule has 1 aliphatic rings. The SMILES string of the molecule is Cc1cc2oc(=O)cc(C[NH+]3CCN(c4ccccc4C)CC3)c2cc1C(C)C. The van der Waals surface area contributed by atoms with Crippen LogP contribution in [-0.2, 0) is 6.54 Å². The molecule has 0 bridgehead atoms. The summed E-state index contributed by atoms with van der Waals surface area (Å²) in [5, 5.41) is 1.09. The smallest absolute Gasteiger partial charge is 0.336 e. The molecule has 0 radical (unpaired) electrons. The lowest BCUT2D eigenvalue weighted by Crippen LogP contribution is -3.13. The summed E-state index contributed by atoms with van der Waals surface area (Å²) in [6.45, 7) is 13.8. The van der Waals surface area contributed by atoms with Crippen molar-refractivity contribution in [3.8, 4) is 0 Å². The highest BCUT2D eigenvalue weighted by molar-refractivity contribution is 5.82. The second-order valence-electron chi connectivity index (χ2n) is 8.65. The van der Waals surface area contributed by atoms with Gasteiger partial charge in [0, 0.05) is 22.7 Å². The fourth-order valence-electron chi connectivity index (χ4n) is 4.59. The van der Waals surface area contributed by atoms with Crippen molar-refractivity contribution in [3.05, 3.63) is 75.1 Å². The summed E-state index contributed by atoms with van der Waals surface area (Å²) in [6, 6.07) is 14.6. The second kappa shape index (κ2) is 8.03. The van der Waals surface area contributed by atoms with Gasteiger partial charge in [0.05, 0.1) is 26.2 Å². The van der Waals surface area contributed by atoms with E-state index >= 15 is 0 Å². The largest absolute Gasteiger partial charge is 0.423 e. The minimum absolute atomic E-state index is 0.248. The lowest BCUT2D eigenvalue weighted by molar-refractivity contribution is -0.914. The van der Waals surface area contributed by atoms with Crippen molar-refractivity contribution in [2.24, 2.45) is 0 Å². The van der Waals surface area contributed by atoms with Crippen molar-refractivity contribution in [1.82, 2.24) is 0 Å². The average molecular weight is 392 g/mol. The molecular weight excluding hydrogens is 360 g/mol. The van der Waals surface area contributed by atoms with E-state index in [4.69, 9.17) is 4.42 Å². The number of nitrogens with one attached hydrogen (secondary N) is 1. The fraction of sp³-hybridized carbons (Fsp3) is 0.400. The van der Waals surface area contributed by atoms with Gasteiger partial charge in [-0.15, -0.1) is 0 Å². The summed E-state index contributed by atoms with van der Waals surface area (Å²) < 4.78 is 5.52. The summed E-state index contributed by atoms with van der Waals surface area (Å²) in [5.74, 6) is 0.448. The van der Waals surface area contributed by atoms with Gasteiger partial charge in [0.2, 0.25) is 0 Å². The molecule has 29 heavy (non-hydrogen) atoms. The van der Waals surface area contributed by atoms with E-state index in [0.717, 1.165) is 43.7 Å².